The van der Waals surface area contributed by atoms with E-state index in [-0.39, 0.29) is 0 Å². The van der Waals surface area contributed by atoms with Crippen LogP contribution in [-0.4, -0.2) is 4.98 Å². The Balaban J connectivity index is 2.26. The molecule has 0 amide bonds. The SMILES string of the molecule is Cc1ccc(Br)cc1Oc1ccc(Cl)cn1. The number of aromatic nitrogens is 1. The summed E-state index contributed by atoms with van der Waals surface area (Å²) in [5.41, 5.74) is 1.06. The van der Waals surface area contributed by atoms with Crippen LogP contribution >= 0.6 is 27.5 Å². The molecule has 0 saturated heterocycles. The Bertz CT molecular complexity index is 499. The minimum absolute atomic E-state index is 0.533. The topological polar surface area (TPSA) is 22.1 Å². The molecule has 0 bridgehead atoms. The molecule has 0 unspecified atom stereocenters. The van der Waals surface area contributed by atoms with Crippen LogP contribution in [0.15, 0.2) is 41.0 Å². The number of hydrogen-bond donors (Lipinski definition) is 0. The van der Waals surface area contributed by atoms with E-state index in [0.717, 1.165) is 15.8 Å². The van der Waals surface area contributed by atoms with E-state index in [1.165, 1.54) is 0 Å². The first-order valence-electron chi connectivity index (χ1n) is 4.71. The average Bonchev–Trinajstić information content (AvgIpc) is 2.27. The van der Waals surface area contributed by atoms with E-state index in [9.17, 15) is 0 Å². The molecule has 0 atom stereocenters. The minimum atomic E-state index is 0.533. The van der Waals surface area contributed by atoms with Gasteiger partial charge in [0.05, 0.1) is 5.02 Å². The second-order valence-electron chi connectivity index (χ2n) is 3.33. The van der Waals surface area contributed by atoms with Crippen LogP contribution in [-0.2, 0) is 0 Å². The molecule has 16 heavy (non-hydrogen) atoms. The van der Waals surface area contributed by atoms with Crippen LogP contribution in [0.3, 0.4) is 0 Å². The van der Waals surface area contributed by atoms with Gasteiger partial charge < -0.3 is 4.74 Å². The van der Waals surface area contributed by atoms with Crippen LogP contribution in [0.1, 0.15) is 5.56 Å². The highest BCUT2D eigenvalue weighted by atomic mass is 79.9. The van der Waals surface area contributed by atoms with Crippen molar-refractivity contribution in [1.82, 2.24) is 4.98 Å². The van der Waals surface area contributed by atoms with E-state index < -0.39 is 0 Å². The number of halogens is 2. The number of ether oxygens (including phenoxy) is 1. The van der Waals surface area contributed by atoms with Crippen molar-refractivity contribution < 1.29 is 4.74 Å². The van der Waals surface area contributed by atoms with Gasteiger partial charge in [-0.15, -0.1) is 0 Å². The molecule has 1 aromatic heterocycles. The molecule has 0 saturated carbocycles. The largest absolute Gasteiger partial charge is 0.439 e. The monoisotopic (exact) mass is 297 g/mol. The lowest BCUT2D eigenvalue weighted by Crippen LogP contribution is -1.89. The number of aryl methyl sites for hydroxylation is 1. The second kappa shape index (κ2) is 4.85. The third-order valence-corrected chi connectivity index (χ3v) is 2.78. The summed E-state index contributed by atoms with van der Waals surface area (Å²) in [6.07, 6.45) is 1.56. The highest BCUT2D eigenvalue weighted by Crippen LogP contribution is 2.27. The molecule has 0 radical (unpaired) electrons. The Hall–Kier alpha value is -1.06. The zero-order chi connectivity index (χ0) is 11.5. The van der Waals surface area contributed by atoms with Crippen molar-refractivity contribution in [3.05, 3.63) is 51.6 Å². The maximum atomic E-state index is 5.75. The molecule has 0 N–H and O–H groups in total. The van der Waals surface area contributed by atoms with Crippen molar-refractivity contribution in [1.29, 1.82) is 0 Å². The van der Waals surface area contributed by atoms with Crippen molar-refractivity contribution in [2.45, 2.75) is 6.92 Å². The summed E-state index contributed by atoms with van der Waals surface area (Å²) in [5.74, 6) is 1.31. The van der Waals surface area contributed by atoms with E-state index in [4.69, 9.17) is 16.3 Å². The molecule has 4 heteroatoms. The minimum Gasteiger partial charge on any atom is -0.439 e. The fourth-order valence-electron chi connectivity index (χ4n) is 1.22. The Labute approximate surface area is 107 Å². The molecular weight excluding hydrogens is 289 g/mol. The van der Waals surface area contributed by atoms with Crippen molar-refractivity contribution >= 4 is 27.5 Å². The first-order chi connectivity index (χ1) is 7.65. The molecule has 0 aliphatic rings. The normalized spacial score (nSPS) is 10.2. The third kappa shape index (κ3) is 2.74. The molecule has 0 fully saturated rings. The third-order valence-electron chi connectivity index (χ3n) is 2.06. The van der Waals surface area contributed by atoms with E-state index in [0.29, 0.717) is 10.9 Å². The maximum absolute atomic E-state index is 5.75. The van der Waals surface area contributed by atoms with Crippen molar-refractivity contribution in [2.75, 3.05) is 0 Å². The average molecular weight is 299 g/mol. The predicted molar refractivity (Wildman–Crippen MR) is 68.2 cm³/mol. The smallest absolute Gasteiger partial charge is 0.219 e. The van der Waals surface area contributed by atoms with Gasteiger partial charge in [0.1, 0.15) is 5.75 Å². The zero-order valence-corrected chi connectivity index (χ0v) is 10.9. The molecule has 1 heterocycles. The molecule has 2 aromatic rings. The van der Waals surface area contributed by atoms with Gasteiger partial charge in [-0.25, -0.2) is 4.98 Å². The van der Waals surface area contributed by atoms with Gasteiger partial charge in [0.25, 0.3) is 0 Å². The highest BCUT2D eigenvalue weighted by molar-refractivity contribution is 9.10. The van der Waals surface area contributed by atoms with Crippen molar-refractivity contribution in [3.8, 4) is 11.6 Å². The number of nitrogens with zero attached hydrogens (tertiary/aromatic N) is 1. The van der Waals surface area contributed by atoms with Gasteiger partial charge in [0.15, 0.2) is 0 Å². The summed E-state index contributed by atoms with van der Waals surface area (Å²) in [5, 5.41) is 0.596. The lowest BCUT2D eigenvalue weighted by molar-refractivity contribution is 0.459. The summed E-state index contributed by atoms with van der Waals surface area (Å²) in [7, 11) is 0. The number of pyridine rings is 1. The van der Waals surface area contributed by atoms with Gasteiger partial charge in [0.2, 0.25) is 5.88 Å². The summed E-state index contributed by atoms with van der Waals surface area (Å²) >= 11 is 9.15. The van der Waals surface area contributed by atoms with Crippen LogP contribution in [0.2, 0.25) is 5.02 Å². The molecule has 0 aliphatic heterocycles. The lowest BCUT2D eigenvalue weighted by atomic mass is 10.2. The molecule has 0 aliphatic carbocycles. The van der Waals surface area contributed by atoms with Gasteiger partial charge >= 0.3 is 0 Å². The Morgan fingerprint density at radius 3 is 2.75 bits per heavy atom. The van der Waals surface area contributed by atoms with E-state index in [1.54, 1.807) is 18.3 Å². The van der Waals surface area contributed by atoms with Crippen molar-refractivity contribution in [3.63, 3.8) is 0 Å². The van der Waals surface area contributed by atoms with E-state index in [2.05, 4.69) is 20.9 Å². The van der Waals surface area contributed by atoms with Gasteiger partial charge in [-0.3, -0.25) is 0 Å². The zero-order valence-electron chi connectivity index (χ0n) is 8.58. The number of hydrogen-bond acceptors (Lipinski definition) is 2. The van der Waals surface area contributed by atoms with Crippen LogP contribution in [0.4, 0.5) is 0 Å². The van der Waals surface area contributed by atoms with E-state index >= 15 is 0 Å². The first-order valence-corrected chi connectivity index (χ1v) is 5.88. The summed E-state index contributed by atoms with van der Waals surface area (Å²) in [6.45, 7) is 1.98. The van der Waals surface area contributed by atoms with Gasteiger partial charge in [0, 0.05) is 16.7 Å². The Morgan fingerprint density at radius 1 is 1.25 bits per heavy atom. The highest BCUT2D eigenvalue weighted by Gasteiger charge is 2.03. The standard InChI is InChI=1S/C12H9BrClNO/c1-8-2-3-9(13)6-11(8)16-12-5-4-10(14)7-15-12/h2-7H,1H3. The quantitative estimate of drug-likeness (QED) is 0.808. The van der Waals surface area contributed by atoms with Crippen LogP contribution in [0.25, 0.3) is 0 Å². The van der Waals surface area contributed by atoms with Crippen molar-refractivity contribution in [2.24, 2.45) is 0 Å². The molecule has 1 aromatic carbocycles. The summed E-state index contributed by atoms with van der Waals surface area (Å²) in [4.78, 5) is 4.07. The summed E-state index contributed by atoms with van der Waals surface area (Å²) in [6, 6.07) is 9.35. The molecule has 0 spiro atoms. The molecule has 2 rings (SSSR count). The van der Waals surface area contributed by atoms with Crippen LogP contribution in [0, 0.1) is 6.92 Å². The Kier molecular flexibility index (Phi) is 3.46. The fraction of sp³-hybridized carbons (Fsp3) is 0.0833. The Morgan fingerprint density at radius 2 is 2.06 bits per heavy atom. The number of rotatable bonds is 2. The maximum Gasteiger partial charge on any atom is 0.219 e. The van der Waals surface area contributed by atoms with E-state index in [1.807, 2.05) is 25.1 Å². The molecular formula is C12H9BrClNO. The van der Waals surface area contributed by atoms with Gasteiger partial charge in [-0.05, 0) is 30.7 Å². The number of benzene rings is 1. The fourth-order valence-corrected chi connectivity index (χ4v) is 1.67. The predicted octanol–water partition coefficient (Wildman–Crippen LogP) is 4.60. The summed E-state index contributed by atoms with van der Waals surface area (Å²) < 4.78 is 6.62. The molecule has 82 valence electrons. The van der Waals surface area contributed by atoms with Crippen LogP contribution in [0.5, 0.6) is 11.6 Å². The second-order valence-corrected chi connectivity index (χ2v) is 4.68. The first kappa shape index (κ1) is 11.4. The van der Waals surface area contributed by atoms with Gasteiger partial charge in [-0.1, -0.05) is 33.6 Å². The van der Waals surface area contributed by atoms with Gasteiger partial charge in [-0.2, -0.15) is 0 Å². The lowest BCUT2D eigenvalue weighted by Gasteiger charge is -2.07. The van der Waals surface area contributed by atoms with Crippen LogP contribution < -0.4 is 4.74 Å². The molecule has 2 nitrogen and oxygen atoms in total.